The van der Waals surface area contributed by atoms with Crippen molar-refractivity contribution in [1.82, 2.24) is 0 Å². The molecule has 0 aromatic heterocycles. The standard InChI is InChI=1S/C6H8BrClO3/c7-4-6(10)11-3-1-2-5(8)9/h1-4H2. The maximum absolute atomic E-state index is 10.5. The first-order valence-corrected chi connectivity index (χ1v) is 4.56. The molecule has 11 heavy (non-hydrogen) atoms. The molecule has 0 heterocycles. The highest BCUT2D eigenvalue weighted by Gasteiger charge is 2.00. The molecule has 0 unspecified atom stereocenters. The van der Waals surface area contributed by atoms with Gasteiger partial charge in [0, 0.05) is 6.42 Å². The second-order valence-electron chi connectivity index (χ2n) is 1.81. The van der Waals surface area contributed by atoms with E-state index in [2.05, 4.69) is 20.7 Å². The van der Waals surface area contributed by atoms with Gasteiger partial charge in [-0.05, 0) is 18.0 Å². The van der Waals surface area contributed by atoms with Crippen molar-refractivity contribution >= 4 is 38.7 Å². The van der Waals surface area contributed by atoms with Gasteiger partial charge in [0.2, 0.25) is 5.24 Å². The summed E-state index contributed by atoms with van der Waals surface area (Å²) in [4.78, 5) is 20.6. The van der Waals surface area contributed by atoms with Crippen LogP contribution in [0, 0.1) is 0 Å². The Hall–Kier alpha value is -0.0900. The Labute approximate surface area is 78.2 Å². The van der Waals surface area contributed by atoms with E-state index in [1.165, 1.54) is 0 Å². The van der Waals surface area contributed by atoms with E-state index >= 15 is 0 Å². The number of hydrogen-bond acceptors (Lipinski definition) is 3. The van der Waals surface area contributed by atoms with Gasteiger partial charge in [0.25, 0.3) is 0 Å². The number of carbonyl (C=O) groups is 2. The predicted octanol–water partition coefficient (Wildman–Crippen LogP) is 1.47. The first-order valence-electron chi connectivity index (χ1n) is 3.06. The van der Waals surface area contributed by atoms with Crippen LogP contribution in [0.4, 0.5) is 0 Å². The van der Waals surface area contributed by atoms with E-state index in [4.69, 9.17) is 11.6 Å². The molecular formula is C6H8BrClO3. The number of halogens is 2. The van der Waals surface area contributed by atoms with E-state index in [0.29, 0.717) is 6.42 Å². The van der Waals surface area contributed by atoms with Gasteiger partial charge in [0.15, 0.2) is 0 Å². The molecule has 0 saturated heterocycles. The molecule has 0 saturated carbocycles. The molecule has 0 aliphatic carbocycles. The highest BCUT2D eigenvalue weighted by molar-refractivity contribution is 9.09. The van der Waals surface area contributed by atoms with Crippen LogP contribution in [0.25, 0.3) is 0 Å². The lowest BCUT2D eigenvalue weighted by atomic mass is 10.3. The van der Waals surface area contributed by atoms with Crippen LogP contribution >= 0.6 is 27.5 Å². The van der Waals surface area contributed by atoms with Crippen LogP contribution in [0.15, 0.2) is 0 Å². The Morgan fingerprint density at radius 2 is 2.09 bits per heavy atom. The SMILES string of the molecule is O=C(Cl)CCCOC(=O)CBr. The maximum Gasteiger partial charge on any atom is 0.316 e. The summed E-state index contributed by atoms with van der Waals surface area (Å²) < 4.78 is 4.64. The van der Waals surface area contributed by atoms with Crippen LogP contribution in [0.3, 0.4) is 0 Å². The van der Waals surface area contributed by atoms with Crippen molar-refractivity contribution in [2.24, 2.45) is 0 Å². The van der Waals surface area contributed by atoms with Gasteiger partial charge in [-0.15, -0.1) is 0 Å². The molecule has 0 spiro atoms. The van der Waals surface area contributed by atoms with Crippen LogP contribution in [0.5, 0.6) is 0 Å². The molecule has 0 rings (SSSR count). The van der Waals surface area contributed by atoms with Gasteiger partial charge in [0.05, 0.1) is 6.61 Å². The van der Waals surface area contributed by atoms with E-state index in [1.54, 1.807) is 0 Å². The minimum absolute atomic E-state index is 0.182. The van der Waals surface area contributed by atoms with Crippen molar-refractivity contribution in [1.29, 1.82) is 0 Å². The van der Waals surface area contributed by atoms with Crippen LogP contribution < -0.4 is 0 Å². The largest absolute Gasteiger partial charge is 0.465 e. The number of ether oxygens (including phenoxy) is 1. The molecule has 0 aromatic rings. The quantitative estimate of drug-likeness (QED) is 0.318. The van der Waals surface area contributed by atoms with Crippen LogP contribution in [0.1, 0.15) is 12.8 Å². The molecule has 0 fully saturated rings. The molecule has 5 heteroatoms. The smallest absolute Gasteiger partial charge is 0.316 e. The highest BCUT2D eigenvalue weighted by atomic mass is 79.9. The van der Waals surface area contributed by atoms with Crippen molar-refractivity contribution < 1.29 is 14.3 Å². The summed E-state index contributed by atoms with van der Waals surface area (Å²) in [5, 5.41) is -0.221. The summed E-state index contributed by atoms with van der Waals surface area (Å²) in [6.07, 6.45) is 0.734. The Morgan fingerprint density at radius 1 is 1.45 bits per heavy atom. The monoisotopic (exact) mass is 242 g/mol. The van der Waals surface area contributed by atoms with Crippen molar-refractivity contribution in [3.8, 4) is 0 Å². The fraction of sp³-hybridized carbons (Fsp3) is 0.667. The maximum atomic E-state index is 10.5. The number of esters is 1. The molecule has 0 aromatic carbocycles. The molecule has 3 nitrogen and oxygen atoms in total. The van der Waals surface area contributed by atoms with E-state index in [0.717, 1.165) is 0 Å². The molecular weight excluding hydrogens is 235 g/mol. The zero-order chi connectivity index (χ0) is 8.69. The Bertz CT molecular complexity index is 149. The summed E-state index contributed by atoms with van der Waals surface area (Å²) in [6, 6.07) is 0. The lowest BCUT2D eigenvalue weighted by molar-refractivity contribution is -0.140. The predicted molar refractivity (Wildman–Crippen MR) is 44.8 cm³/mol. The van der Waals surface area contributed by atoms with Gasteiger partial charge in [-0.1, -0.05) is 15.9 Å². The fourth-order valence-electron chi connectivity index (χ4n) is 0.436. The van der Waals surface area contributed by atoms with Gasteiger partial charge >= 0.3 is 5.97 Å². The molecule has 0 atom stereocenters. The summed E-state index contributed by atoms with van der Waals surface area (Å²) >= 11 is 7.97. The number of carbonyl (C=O) groups excluding carboxylic acids is 2. The molecule has 0 bridgehead atoms. The second-order valence-corrected chi connectivity index (χ2v) is 2.80. The summed E-state index contributed by atoms with van der Waals surface area (Å²) in [5.74, 6) is -0.327. The highest BCUT2D eigenvalue weighted by Crippen LogP contribution is 1.95. The van der Waals surface area contributed by atoms with Crippen molar-refractivity contribution in [3.63, 3.8) is 0 Å². The van der Waals surface area contributed by atoms with Crippen molar-refractivity contribution in [2.75, 3.05) is 11.9 Å². The lowest BCUT2D eigenvalue weighted by Crippen LogP contribution is -2.07. The third-order valence-corrected chi connectivity index (χ3v) is 1.54. The second kappa shape index (κ2) is 6.61. The van der Waals surface area contributed by atoms with Gasteiger partial charge in [0.1, 0.15) is 5.33 Å². The average molecular weight is 243 g/mol. The molecule has 0 amide bonds. The van der Waals surface area contributed by atoms with Crippen LogP contribution in [-0.2, 0) is 14.3 Å². The number of hydrogen-bond donors (Lipinski definition) is 0. The minimum atomic E-state index is -0.403. The number of rotatable bonds is 5. The summed E-state index contributed by atoms with van der Waals surface area (Å²) in [6.45, 7) is 0.253. The van der Waals surface area contributed by atoms with E-state index in [-0.39, 0.29) is 24.3 Å². The van der Waals surface area contributed by atoms with Gasteiger partial charge < -0.3 is 4.74 Å². The van der Waals surface area contributed by atoms with E-state index in [1.807, 2.05) is 0 Å². The summed E-state index contributed by atoms with van der Waals surface area (Å²) in [5.41, 5.74) is 0. The Kier molecular flexibility index (Phi) is 6.56. The molecule has 0 aliphatic rings. The molecule has 0 radical (unpaired) electrons. The van der Waals surface area contributed by atoms with Crippen LogP contribution in [0.2, 0.25) is 0 Å². The third kappa shape index (κ3) is 7.81. The first kappa shape index (κ1) is 10.9. The summed E-state index contributed by atoms with van der Waals surface area (Å²) in [7, 11) is 0. The Morgan fingerprint density at radius 3 is 2.55 bits per heavy atom. The van der Waals surface area contributed by atoms with Crippen LogP contribution in [-0.4, -0.2) is 23.1 Å². The number of alkyl halides is 1. The third-order valence-electron chi connectivity index (χ3n) is 0.890. The minimum Gasteiger partial charge on any atom is -0.465 e. The lowest BCUT2D eigenvalue weighted by Gasteiger charge is -1.99. The van der Waals surface area contributed by atoms with E-state index in [9.17, 15) is 9.59 Å². The first-order chi connectivity index (χ1) is 5.16. The van der Waals surface area contributed by atoms with Crippen molar-refractivity contribution in [3.05, 3.63) is 0 Å². The van der Waals surface area contributed by atoms with E-state index < -0.39 is 5.24 Å². The van der Waals surface area contributed by atoms with Gasteiger partial charge in [-0.25, -0.2) is 0 Å². The zero-order valence-electron chi connectivity index (χ0n) is 5.81. The molecule has 0 N–H and O–H groups in total. The average Bonchev–Trinajstić information content (AvgIpc) is 1.97. The zero-order valence-corrected chi connectivity index (χ0v) is 8.15. The Balaban J connectivity index is 3.14. The van der Waals surface area contributed by atoms with Gasteiger partial charge in [-0.2, -0.15) is 0 Å². The molecule has 64 valence electrons. The normalized spacial score (nSPS) is 9.27. The van der Waals surface area contributed by atoms with Gasteiger partial charge in [-0.3, -0.25) is 9.59 Å². The van der Waals surface area contributed by atoms with Crippen molar-refractivity contribution in [2.45, 2.75) is 12.8 Å². The fourth-order valence-corrected chi connectivity index (χ4v) is 0.731. The topological polar surface area (TPSA) is 43.4 Å². The molecule has 0 aliphatic heterocycles.